The molecule has 0 saturated heterocycles. The van der Waals surface area contributed by atoms with E-state index >= 15 is 0 Å². The Labute approximate surface area is 120 Å². The van der Waals surface area contributed by atoms with E-state index < -0.39 is 5.97 Å². The molecule has 0 aliphatic carbocycles. The molecule has 1 aromatic heterocycles. The number of carbonyl (C=O) groups is 1. The van der Waals surface area contributed by atoms with Crippen LogP contribution < -0.4 is 10.1 Å². The fourth-order valence-corrected chi connectivity index (χ4v) is 2.12. The van der Waals surface area contributed by atoms with Crippen LogP contribution in [-0.4, -0.2) is 34.6 Å². The summed E-state index contributed by atoms with van der Waals surface area (Å²) < 4.78 is 5.21. The molecule has 1 aromatic carbocycles. The van der Waals surface area contributed by atoms with E-state index in [-0.39, 0.29) is 5.56 Å². The summed E-state index contributed by atoms with van der Waals surface area (Å²) in [5.41, 5.74) is 0.808. The number of ether oxygens (including phenoxy) is 1. The zero-order valence-electron chi connectivity index (χ0n) is 11.0. The minimum absolute atomic E-state index is 0.116. The first-order valence-electron chi connectivity index (χ1n) is 5.70. The minimum Gasteiger partial charge on any atom is -0.495 e. The van der Waals surface area contributed by atoms with Gasteiger partial charge in [-0.25, -0.2) is 4.79 Å². The monoisotopic (exact) mass is 291 g/mol. The molecule has 7 heteroatoms. The number of anilines is 2. The number of methoxy groups -OCH3 is 1. The molecular formula is C13H13N3O3S. The van der Waals surface area contributed by atoms with Crippen molar-refractivity contribution < 1.29 is 14.6 Å². The summed E-state index contributed by atoms with van der Waals surface area (Å²) in [5.74, 6) is -0.0443. The normalized spacial score (nSPS) is 10.1. The molecule has 0 radical (unpaired) electrons. The lowest BCUT2D eigenvalue weighted by Crippen LogP contribution is -2.05. The van der Waals surface area contributed by atoms with Crippen LogP contribution in [-0.2, 0) is 0 Å². The Balaban J connectivity index is 2.34. The SMILES string of the molecule is COc1ccccc1Nc1cc(C(=O)O)c(SC)nn1. The Hall–Kier alpha value is -2.28. The molecule has 0 saturated carbocycles. The zero-order chi connectivity index (χ0) is 14.5. The molecule has 0 aliphatic rings. The van der Waals surface area contributed by atoms with Crippen LogP contribution in [0.4, 0.5) is 11.5 Å². The third kappa shape index (κ3) is 3.00. The number of para-hydroxylation sites is 2. The topological polar surface area (TPSA) is 84.3 Å². The third-order valence-electron chi connectivity index (χ3n) is 2.55. The Bertz CT molecular complexity index is 634. The van der Waals surface area contributed by atoms with Crippen LogP contribution >= 0.6 is 11.8 Å². The molecule has 2 aromatic rings. The first kappa shape index (κ1) is 14.1. The molecule has 0 spiro atoms. The molecule has 1 heterocycles. The number of carboxylic acid groups (broad SMARTS) is 1. The van der Waals surface area contributed by atoms with Crippen LogP contribution in [0.2, 0.25) is 0 Å². The molecule has 0 unspecified atom stereocenters. The molecule has 0 bridgehead atoms. The maximum atomic E-state index is 11.2. The van der Waals surface area contributed by atoms with Crippen molar-refractivity contribution in [2.75, 3.05) is 18.7 Å². The number of aromatic nitrogens is 2. The van der Waals surface area contributed by atoms with Crippen LogP contribution in [0.15, 0.2) is 35.4 Å². The molecule has 0 amide bonds. The van der Waals surface area contributed by atoms with Gasteiger partial charge in [-0.2, -0.15) is 0 Å². The van der Waals surface area contributed by atoms with Crippen molar-refractivity contribution in [2.45, 2.75) is 5.03 Å². The Morgan fingerprint density at radius 3 is 2.75 bits per heavy atom. The lowest BCUT2D eigenvalue weighted by atomic mass is 10.2. The first-order valence-corrected chi connectivity index (χ1v) is 6.93. The van der Waals surface area contributed by atoms with E-state index in [4.69, 9.17) is 9.84 Å². The number of benzene rings is 1. The van der Waals surface area contributed by atoms with Gasteiger partial charge in [0.25, 0.3) is 0 Å². The number of carboxylic acids is 1. The highest BCUT2D eigenvalue weighted by molar-refractivity contribution is 7.98. The van der Waals surface area contributed by atoms with Gasteiger partial charge in [0.1, 0.15) is 10.8 Å². The molecule has 104 valence electrons. The predicted molar refractivity (Wildman–Crippen MR) is 77.0 cm³/mol. The largest absolute Gasteiger partial charge is 0.495 e. The van der Waals surface area contributed by atoms with Crippen LogP contribution in [0.3, 0.4) is 0 Å². The fraction of sp³-hybridized carbons (Fsp3) is 0.154. The number of hydrogen-bond donors (Lipinski definition) is 2. The van der Waals surface area contributed by atoms with Crippen molar-refractivity contribution >= 4 is 29.2 Å². The average Bonchev–Trinajstić information content (AvgIpc) is 2.47. The maximum Gasteiger partial charge on any atom is 0.338 e. The van der Waals surface area contributed by atoms with E-state index in [0.29, 0.717) is 22.3 Å². The van der Waals surface area contributed by atoms with Crippen LogP contribution in [0, 0.1) is 0 Å². The van der Waals surface area contributed by atoms with Crippen molar-refractivity contribution in [2.24, 2.45) is 0 Å². The first-order chi connectivity index (χ1) is 9.65. The van der Waals surface area contributed by atoms with Crippen molar-refractivity contribution in [3.63, 3.8) is 0 Å². The van der Waals surface area contributed by atoms with Crippen molar-refractivity contribution in [3.05, 3.63) is 35.9 Å². The van der Waals surface area contributed by atoms with E-state index in [0.717, 1.165) is 0 Å². The zero-order valence-corrected chi connectivity index (χ0v) is 11.8. The standard InChI is InChI=1S/C13H13N3O3S/c1-19-10-6-4-3-5-9(10)14-11-7-8(13(17)18)12(20-2)16-15-11/h3-7H,1-2H3,(H,14,15)(H,17,18). The van der Waals surface area contributed by atoms with Crippen LogP contribution in [0.5, 0.6) is 5.75 Å². The highest BCUT2D eigenvalue weighted by Gasteiger charge is 2.13. The summed E-state index contributed by atoms with van der Waals surface area (Å²) in [4.78, 5) is 11.2. The van der Waals surface area contributed by atoms with Gasteiger partial charge in [0.05, 0.1) is 18.4 Å². The second-order valence-electron chi connectivity index (χ2n) is 3.78. The Morgan fingerprint density at radius 2 is 2.10 bits per heavy atom. The highest BCUT2D eigenvalue weighted by Crippen LogP contribution is 2.27. The van der Waals surface area contributed by atoms with Gasteiger partial charge < -0.3 is 15.2 Å². The molecule has 0 atom stereocenters. The van der Waals surface area contributed by atoms with E-state index in [2.05, 4.69) is 15.5 Å². The lowest BCUT2D eigenvalue weighted by Gasteiger charge is -2.10. The van der Waals surface area contributed by atoms with E-state index in [9.17, 15) is 4.79 Å². The van der Waals surface area contributed by atoms with Gasteiger partial charge in [-0.15, -0.1) is 22.0 Å². The van der Waals surface area contributed by atoms with Crippen molar-refractivity contribution in [3.8, 4) is 5.75 Å². The fourth-order valence-electron chi connectivity index (χ4n) is 1.63. The summed E-state index contributed by atoms with van der Waals surface area (Å²) in [5, 5.41) is 20.4. The number of hydrogen-bond acceptors (Lipinski definition) is 6. The van der Waals surface area contributed by atoms with Gasteiger partial charge in [0.15, 0.2) is 5.82 Å². The molecule has 0 fully saturated rings. The molecule has 2 rings (SSSR count). The number of rotatable bonds is 5. The van der Waals surface area contributed by atoms with Gasteiger partial charge in [0.2, 0.25) is 0 Å². The number of nitrogens with zero attached hydrogens (tertiary/aromatic N) is 2. The summed E-state index contributed by atoms with van der Waals surface area (Å²) in [6.45, 7) is 0. The van der Waals surface area contributed by atoms with Gasteiger partial charge in [0, 0.05) is 0 Å². The van der Waals surface area contributed by atoms with E-state index in [1.165, 1.54) is 17.8 Å². The van der Waals surface area contributed by atoms with Gasteiger partial charge in [-0.1, -0.05) is 12.1 Å². The Kier molecular flexibility index (Phi) is 4.41. The van der Waals surface area contributed by atoms with Crippen LogP contribution in [0.1, 0.15) is 10.4 Å². The third-order valence-corrected chi connectivity index (χ3v) is 3.24. The van der Waals surface area contributed by atoms with Gasteiger partial charge in [-0.3, -0.25) is 0 Å². The van der Waals surface area contributed by atoms with Crippen molar-refractivity contribution in [1.82, 2.24) is 10.2 Å². The van der Waals surface area contributed by atoms with Crippen LogP contribution in [0.25, 0.3) is 0 Å². The molecule has 6 nitrogen and oxygen atoms in total. The van der Waals surface area contributed by atoms with E-state index in [1.54, 1.807) is 19.4 Å². The quantitative estimate of drug-likeness (QED) is 0.819. The summed E-state index contributed by atoms with van der Waals surface area (Å²) in [6, 6.07) is 8.74. The molecular weight excluding hydrogens is 278 g/mol. The van der Waals surface area contributed by atoms with Gasteiger partial charge >= 0.3 is 5.97 Å². The summed E-state index contributed by atoms with van der Waals surface area (Å²) in [6.07, 6.45) is 1.75. The molecule has 2 N–H and O–H groups in total. The minimum atomic E-state index is -1.03. The smallest absolute Gasteiger partial charge is 0.338 e. The predicted octanol–water partition coefficient (Wildman–Crippen LogP) is 2.65. The number of thioether (sulfide) groups is 1. The molecule has 20 heavy (non-hydrogen) atoms. The second kappa shape index (κ2) is 6.25. The lowest BCUT2D eigenvalue weighted by molar-refractivity contribution is 0.0692. The number of aromatic carboxylic acids is 1. The Morgan fingerprint density at radius 1 is 1.35 bits per heavy atom. The van der Waals surface area contributed by atoms with E-state index in [1.807, 2.05) is 18.2 Å². The summed E-state index contributed by atoms with van der Waals surface area (Å²) >= 11 is 1.24. The number of nitrogens with one attached hydrogen (secondary N) is 1. The highest BCUT2D eigenvalue weighted by atomic mass is 32.2. The summed E-state index contributed by atoms with van der Waals surface area (Å²) in [7, 11) is 1.56. The van der Waals surface area contributed by atoms with Gasteiger partial charge in [-0.05, 0) is 24.5 Å². The second-order valence-corrected chi connectivity index (χ2v) is 4.58. The maximum absolute atomic E-state index is 11.2. The van der Waals surface area contributed by atoms with Crippen molar-refractivity contribution in [1.29, 1.82) is 0 Å². The molecule has 0 aliphatic heterocycles. The average molecular weight is 291 g/mol.